The summed E-state index contributed by atoms with van der Waals surface area (Å²) in [7, 11) is 0. The zero-order valence-electron chi connectivity index (χ0n) is 14.5. The number of carbonyl (C=O) groups is 1. The number of benzene rings is 1. The van der Waals surface area contributed by atoms with Crippen molar-refractivity contribution < 1.29 is 4.79 Å². The van der Waals surface area contributed by atoms with Gasteiger partial charge >= 0.3 is 6.03 Å². The molecule has 128 valence electrons. The van der Waals surface area contributed by atoms with Crippen LogP contribution in [0, 0.1) is 0 Å². The van der Waals surface area contributed by atoms with Gasteiger partial charge in [-0.25, -0.2) is 9.78 Å². The van der Waals surface area contributed by atoms with E-state index in [2.05, 4.69) is 41.6 Å². The predicted octanol–water partition coefficient (Wildman–Crippen LogP) is 3.52. The second kappa shape index (κ2) is 7.07. The molecule has 3 rings (SSSR count). The van der Waals surface area contributed by atoms with E-state index in [1.165, 1.54) is 5.52 Å². The number of imidazole rings is 1. The zero-order valence-corrected chi connectivity index (χ0v) is 14.5. The number of nitrogens with one attached hydrogen (secondary N) is 1. The van der Waals surface area contributed by atoms with Gasteiger partial charge in [0.1, 0.15) is 5.82 Å². The van der Waals surface area contributed by atoms with Crippen LogP contribution in [-0.2, 0) is 6.42 Å². The third-order valence-corrected chi connectivity index (χ3v) is 4.81. The molecule has 1 aromatic carbocycles. The van der Waals surface area contributed by atoms with Crippen molar-refractivity contribution in [2.45, 2.75) is 45.2 Å². The van der Waals surface area contributed by atoms with Gasteiger partial charge in [-0.1, -0.05) is 25.1 Å². The van der Waals surface area contributed by atoms with Gasteiger partial charge < -0.3 is 14.8 Å². The highest BCUT2D eigenvalue weighted by molar-refractivity contribution is 5.76. The van der Waals surface area contributed by atoms with Crippen LogP contribution in [0.4, 0.5) is 4.79 Å². The maximum Gasteiger partial charge on any atom is 0.317 e. The van der Waals surface area contributed by atoms with Gasteiger partial charge in [0.15, 0.2) is 0 Å². The van der Waals surface area contributed by atoms with Crippen LogP contribution in [0.2, 0.25) is 0 Å². The van der Waals surface area contributed by atoms with E-state index in [9.17, 15) is 4.79 Å². The average Bonchev–Trinajstić information content (AvgIpc) is 3.00. The van der Waals surface area contributed by atoms with E-state index in [4.69, 9.17) is 4.98 Å². The molecule has 1 fully saturated rings. The number of fused-ring (bicyclic) bond motifs is 1. The number of hydrogen-bond donors (Lipinski definition) is 1. The first-order chi connectivity index (χ1) is 11.6. The van der Waals surface area contributed by atoms with Gasteiger partial charge in [-0.05, 0) is 31.9 Å². The average molecular weight is 326 g/mol. The van der Waals surface area contributed by atoms with Crippen LogP contribution < -0.4 is 5.32 Å². The lowest BCUT2D eigenvalue weighted by Gasteiger charge is -2.34. The van der Waals surface area contributed by atoms with Gasteiger partial charge in [0.05, 0.1) is 11.0 Å². The van der Waals surface area contributed by atoms with Gasteiger partial charge in [0.25, 0.3) is 0 Å². The lowest BCUT2D eigenvalue weighted by molar-refractivity contribution is 0.170. The van der Waals surface area contributed by atoms with E-state index in [-0.39, 0.29) is 12.1 Å². The topological polar surface area (TPSA) is 50.2 Å². The first-order valence-corrected chi connectivity index (χ1v) is 8.77. The number of para-hydroxylation sites is 2. The Hall–Kier alpha value is -2.30. The monoisotopic (exact) mass is 326 g/mol. The van der Waals surface area contributed by atoms with E-state index >= 15 is 0 Å². The Morgan fingerprint density at radius 3 is 2.79 bits per heavy atom. The number of aromatic nitrogens is 2. The van der Waals surface area contributed by atoms with Crippen molar-refractivity contribution in [3.05, 3.63) is 42.7 Å². The van der Waals surface area contributed by atoms with Crippen molar-refractivity contribution in [1.82, 2.24) is 19.8 Å². The fourth-order valence-electron chi connectivity index (χ4n) is 3.42. The number of carbonyl (C=O) groups excluding carboxylic acids is 1. The van der Waals surface area contributed by atoms with Crippen molar-refractivity contribution >= 4 is 17.1 Å². The molecule has 1 aromatic heterocycles. The van der Waals surface area contributed by atoms with Crippen LogP contribution in [0.5, 0.6) is 0 Å². The molecule has 2 amide bonds. The Kier molecular flexibility index (Phi) is 4.88. The summed E-state index contributed by atoms with van der Waals surface area (Å²) >= 11 is 0. The van der Waals surface area contributed by atoms with Crippen LogP contribution >= 0.6 is 0 Å². The lowest BCUT2D eigenvalue weighted by atomic mass is 10.0. The summed E-state index contributed by atoms with van der Waals surface area (Å²) in [6, 6.07) is 8.74. The van der Waals surface area contributed by atoms with Gasteiger partial charge in [-0.15, -0.1) is 6.58 Å². The Morgan fingerprint density at radius 1 is 1.42 bits per heavy atom. The number of urea groups is 1. The number of piperidine rings is 1. The molecule has 0 aliphatic carbocycles. The molecule has 5 heteroatoms. The Labute approximate surface area is 143 Å². The molecular formula is C19H26N4O. The summed E-state index contributed by atoms with van der Waals surface area (Å²) in [4.78, 5) is 18.9. The molecule has 1 aliphatic rings. The third-order valence-electron chi connectivity index (χ3n) is 4.81. The number of nitrogens with zero attached hydrogens (tertiary/aromatic N) is 3. The van der Waals surface area contributed by atoms with Crippen molar-refractivity contribution in [3.8, 4) is 0 Å². The number of rotatable bonds is 4. The van der Waals surface area contributed by atoms with Gasteiger partial charge in [0, 0.05) is 31.6 Å². The number of amides is 2. The Morgan fingerprint density at radius 2 is 2.12 bits per heavy atom. The highest BCUT2D eigenvalue weighted by Gasteiger charge is 2.26. The van der Waals surface area contributed by atoms with E-state index in [1.807, 2.05) is 17.9 Å². The molecule has 2 heterocycles. The van der Waals surface area contributed by atoms with Crippen LogP contribution in [0.1, 0.15) is 38.6 Å². The Balaban J connectivity index is 1.73. The molecule has 1 saturated heterocycles. The number of aryl methyl sites for hydroxylation is 1. The summed E-state index contributed by atoms with van der Waals surface area (Å²) in [6.07, 6.45) is 4.59. The standard InChI is InChI=1S/C19H26N4O/c1-4-14(3)20-19(24)22-12-10-15(11-13-22)23-17-9-7-6-8-16(17)21-18(23)5-2/h4,6-9,14-15H,1,5,10-13H2,2-3H3,(H,20,24). The minimum absolute atomic E-state index is 0.000454. The third kappa shape index (κ3) is 3.16. The minimum atomic E-state index is -0.000454. The lowest BCUT2D eigenvalue weighted by Crippen LogP contribution is -2.47. The fourth-order valence-corrected chi connectivity index (χ4v) is 3.42. The maximum absolute atomic E-state index is 12.2. The molecule has 2 aromatic rings. The SMILES string of the molecule is C=CC(C)NC(=O)N1CCC(n2c(CC)nc3ccccc32)CC1. The van der Waals surface area contributed by atoms with Crippen LogP contribution in [0.25, 0.3) is 11.0 Å². The van der Waals surface area contributed by atoms with Crippen LogP contribution in [0.3, 0.4) is 0 Å². The molecule has 1 unspecified atom stereocenters. The Bertz CT molecular complexity index is 728. The highest BCUT2D eigenvalue weighted by atomic mass is 16.2. The van der Waals surface area contributed by atoms with Crippen molar-refractivity contribution in [2.75, 3.05) is 13.1 Å². The molecule has 0 saturated carbocycles. The molecule has 24 heavy (non-hydrogen) atoms. The van der Waals surface area contributed by atoms with E-state index in [0.29, 0.717) is 6.04 Å². The summed E-state index contributed by atoms with van der Waals surface area (Å²) in [5.74, 6) is 1.14. The molecular weight excluding hydrogens is 300 g/mol. The molecule has 1 atom stereocenters. The molecule has 0 radical (unpaired) electrons. The second-order valence-corrected chi connectivity index (χ2v) is 6.43. The molecule has 1 aliphatic heterocycles. The number of likely N-dealkylation sites (tertiary alicyclic amines) is 1. The van der Waals surface area contributed by atoms with Gasteiger partial charge in [-0.3, -0.25) is 0 Å². The van der Waals surface area contributed by atoms with Crippen LogP contribution in [-0.4, -0.2) is 39.6 Å². The zero-order chi connectivity index (χ0) is 17.1. The fraction of sp³-hybridized carbons (Fsp3) is 0.474. The van der Waals surface area contributed by atoms with Gasteiger partial charge in [-0.2, -0.15) is 0 Å². The normalized spacial score (nSPS) is 17.0. The molecule has 0 spiro atoms. The molecule has 1 N–H and O–H groups in total. The van der Waals surface area contributed by atoms with Crippen molar-refractivity contribution in [1.29, 1.82) is 0 Å². The minimum Gasteiger partial charge on any atom is -0.332 e. The van der Waals surface area contributed by atoms with E-state index in [0.717, 1.165) is 43.7 Å². The molecule has 0 bridgehead atoms. The highest BCUT2D eigenvalue weighted by Crippen LogP contribution is 2.29. The predicted molar refractivity (Wildman–Crippen MR) is 97.1 cm³/mol. The van der Waals surface area contributed by atoms with E-state index in [1.54, 1.807) is 6.08 Å². The van der Waals surface area contributed by atoms with E-state index < -0.39 is 0 Å². The first kappa shape index (κ1) is 16.6. The maximum atomic E-state index is 12.2. The second-order valence-electron chi connectivity index (χ2n) is 6.43. The summed E-state index contributed by atoms with van der Waals surface area (Å²) in [5, 5.41) is 2.95. The smallest absolute Gasteiger partial charge is 0.317 e. The van der Waals surface area contributed by atoms with Gasteiger partial charge in [0.2, 0.25) is 0 Å². The van der Waals surface area contributed by atoms with Crippen molar-refractivity contribution in [3.63, 3.8) is 0 Å². The number of hydrogen-bond acceptors (Lipinski definition) is 2. The van der Waals surface area contributed by atoms with Crippen molar-refractivity contribution in [2.24, 2.45) is 0 Å². The summed E-state index contributed by atoms with van der Waals surface area (Å²) < 4.78 is 2.39. The quantitative estimate of drug-likeness (QED) is 0.874. The largest absolute Gasteiger partial charge is 0.332 e. The van der Waals surface area contributed by atoms with Crippen LogP contribution in [0.15, 0.2) is 36.9 Å². The first-order valence-electron chi connectivity index (χ1n) is 8.77. The molecule has 5 nitrogen and oxygen atoms in total. The summed E-state index contributed by atoms with van der Waals surface area (Å²) in [6.45, 7) is 9.34. The summed E-state index contributed by atoms with van der Waals surface area (Å²) in [5.41, 5.74) is 2.27.